The van der Waals surface area contributed by atoms with E-state index in [0.29, 0.717) is 17.1 Å². The lowest BCUT2D eigenvalue weighted by atomic mass is 10.2. The van der Waals surface area contributed by atoms with E-state index in [1.165, 1.54) is 23.4 Å². The number of rotatable bonds is 4. The Balaban J connectivity index is 1.85. The Labute approximate surface area is 119 Å². The van der Waals surface area contributed by atoms with Gasteiger partial charge < -0.3 is 10.4 Å². The van der Waals surface area contributed by atoms with Crippen LogP contribution in [-0.2, 0) is 6.54 Å². The second-order valence-electron chi connectivity index (χ2n) is 4.32. The number of benzene rings is 1. The summed E-state index contributed by atoms with van der Waals surface area (Å²) in [5.74, 6) is -0.418. The highest BCUT2D eigenvalue weighted by atomic mass is 19.1. The highest BCUT2D eigenvalue weighted by molar-refractivity contribution is 5.56. The minimum absolute atomic E-state index is 0.261. The first-order valence-corrected chi connectivity index (χ1v) is 6.26. The van der Waals surface area contributed by atoms with Crippen molar-refractivity contribution in [3.63, 3.8) is 0 Å². The van der Waals surface area contributed by atoms with Gasteiger partial charge in [-0.05, 0) is 18.2 Å². The molecule has 0 saturated heterocycles. The Morgan fingerprint density at radius 3 is 2.95 bits per heavy atom. The monoisotopic (exact) mass is 285 g/mol. The van der Waals surface area contributed by atoms with E-state index >= 15 is 0 Å². The first-order valence-electron chi connectivity index (χ1n) is 6.26. The molecule has 2 N–H and O–H groups in total. The van der Waals surface area contributed by atoms with Crippen molar-refractivity contribution in [2.45, 2.75) is 6.54 Å². The number of nitrogens with one attached hydrogen (secondary N) is 1. The topological polar surface area (TPSA) is 75.9 Å². The van der Waals surface area contributed by atoms with Crippen LogP contribution in [0.15, 0.2) is 49.2 Å². The van der Waals surface area contributed by atoms with E-state index in [1.807, 2.05) is 6.07 Å². The zero-order chi connectivity index (χ0) is 14.7. The smallest absolute Gasteiger partial charge is 0.178 e. The number of anilines is 1. The van der Waals surface area contributed by atoms with Crippen molar-refractivity contribution in [3.8, 4) is 11.6 Å². The van der Waals surface area contributed by atoms with E-state index in [9.17, 15) is 9.50 Å². The third-order valence-electron chi connectivity index (χ3n) is 2.96. The molecule has 0 amide bonds. The number of phenolic OH excluding ortho intramolecular Hbond substituents is 1. The molecule has 2 heterocycles. The Bertz CT molecular complexity index is 745. The molecule has 0 aliphatic heterocycles. The SMILES string of the molecule is Oc1c(F)cccc1CNc1cccnc1-n1cncn1. The number of para-hydroxylation sites is 1. The van der Waals surface area contributed by atoms with Gasteiger partial charge in [0, 0.05) is 18.3 Å². The number of hydrogen-bond acceptors (Lipinski definition) is 5. The summed E-state index contributed by atoms with van der Waals surface area (Å²) in [6, 6.07) is 8.00. The lowest BCUT2D eigenvalue weighted by Crippen LogP contribution is -2.07. The van der Waals surface area contributed by atoms with Gasteiger partial charge in [-0.2, -0.15) is 5.10 Å². The molecule has 3 aromatic rings. The standard InChI is InChI=1S/C14H12FN5O/c15-11-4-1-3-10(13(11)21)7-18-12-5-2-6-17-14(12)20-9-16-8-19-20/h1-6,8-9,18,21H,7H2. The number of aromatic hydroxyl groups is 1. The normalized spacial score (nSPS) is 10.5. The molecule has 0 saturated carbocycles. The summed E-state index contributed by atoms with van der Waals surface area (Å²) in [6.07, 6.45) is 4.59. The third kappa shape index (κ3) is 2.66. The summed E-state index contributed by atoms with van der Waals surface area (Å²) in [4.78, 5) is 8.11. The maximum Gasteiger partial charge on any atom is 0.178 e. The number of aromatic nitrogens is 4. The fourth-order valence-corrected chi connectivity index (χ4v) is 1.93. The lowest BCUT2D eigenvalue weighted by molar-refractivity contribution is 0.427. The van der Waals surface area contributed by atoms with Crippen molar-refractivity contribution in [3.05, 3.63) is 60.6 Å². The Morgan fingerprint density at radius 1 is 1.24 bits per heavy atom. The van der Waals surface area contributed by atoms with Gasteiger partial charge in [-0.1, -0.05) is 12.1 Å². The second-order valence-corrected chi connectivity index (χ2v) is 4.32. The minimum atomic E-state index is -0.642. The Kier molecular flexibility index (Phi) is 3.46. The predicted molar refractivity (Wildman–Crippen MR) is 74.5 cm³/mol. The minimum Gasteiger partial charge on any atom is -0.505 e. The highest BCUT2D eigenvalue weighted by Gasteiger charge is 2.09. The molecule has 0 spiro atoms. The maximum absolute atomic E-state index is 13.3. The number of nitrogens with zero attached hydrogens (tertiary/aromatic N) is 4. The van der Waals surface area contributed by atoms with Crippen molar-refractivity contribution in [2.24, 2.45) is 0 Å². The third-order valence-corrected chi connectivity index (χ3v) is 2.96. The van der Waals surface area contributed by atoms with E-state index in [1.54, 1.807) is 24.4 Å². The van der Waals surface area contributed by atoms with Gasteiger partial charge in [0.25, 0.3) is 0 Å². The molecule has 106 valence electrons. The first kappa shape index (κ1) is 13.0. The molecule has 0 aliphatic carbocycles. The van der Waals surface area contributed by atoms with E-state index in [-0.39, 0.29) is 12.3 Å². The molecule has 0 bridgehead atoms. The zero-order valence-electron chi connectivity index (χ0n) is 10.9. The molecule has 7 heteroatoms. The summed E-state index contributed by atoms with van der Waals surface area (Å²) in [5, 5.41) is 16.8. The van der Waals surface area contributed by atoms with Crippen LogP contribution in [0.1, 0.15) is 5.56 Å². The second kappa shape index (κ2) is 5.58. The number of pyridine rings is 1. The number of halogens is 1. The molecule has 1 aromatic carbocycles. The molecule has 6 nitrogen and oxygen atoms in total. The highest BCUT2D eigenvalue weighted by Crippen LogP contribution is 2.23. The van der Waals surface area contributed by atoms with Crippen molar-refractivity contribution in [1.29, 1.82) is 0 Å². The van der Waals surface area contributed by atoms with Gasteiger partial charge in [0.2, 0.25) is 0 Å². The van der Waals surface area contributed by atoms with Crippen molar-refractivity contribution >= 4 is 5.69 Å². The van der Waals surface area contributed by atoms with Gasteiger partial charge in [-0.3, -0.25) is 0 Å². The van der Waals surface area contributed by atoms with E-state index in [0.717, 1.165) is 0 Å². The van der Waals surface area contributed by atoms with Crippen molar-refractivity contribution in [2.75, 3.05) is 5.32 Å². The molecule has 0 aliphatic rings. The van der Waals surface area contributed by atoms with Crippen LogP contribution in [0, 0.1) is 5.82 Å². The molecular formula is C14H12FN5O. The first-order chi connectivity index (χ1) is 10.3. The van der Waals surface area contributed by atoms with E-state index < -0.39 is 5.82 Å². The van der Waals surface area contributed by atoms with Crippen LogP contribution < -0.4 is 5.32 Å². The van der Waals surface area contributed by atoms with Gasteiger partial charge in [-0.25, -0.2) is 19.0 Å². The van der Waals surface area contributed by atoms with Crippen LogP contribution in [0.5, 0.6) is 5.75 Å². The van der Waals surface area contributed by atoms with Gasteiger partial charge in [0.1, 0.15) is 12.7 Å². The molecule has 0 radical (unpaired) electrons. The van der Waals surface area contributed by atoms with E-state index in [2.05, 4.69) is 20.4 Å². The quantitative estimate of drug-likeness (QED) is 0.768. The summed E-state index contributed by atoms with van der Waals surface area (Å²) >= 11 is 0. The predicted octanol–water partition coefficient (Wildman–Crippen LogP) is 2.12. The number of hydrogen-bond donors (Lipinski definition) is 2. The Hall–Kier alpha value is -2.96. The van der Waals surface area contributed by atoms with Crippen LogP contribution >= 0.6 is 0 Å². The lowest BCUT2D eigenvalue weighted by Gasteiger charge is -2.11. The van der Waals surface area contributed by atoms with Crippen LogP contribution in [0.4, 0.5) is 10.1 Å². The zero-order valence-corrected chi connectivity index (χ0v) is 10.9. The van der Waals surface area contributed by atoms with Crippen LogP contribution in [0.25, 0.3) is 5.82 Å². The van der Waals surface area contributed by atoms with Gasteiger partial charge in [0.05, 0.1) is 5.69 Å². The molecule has 21 heavy (non-hydrogen) atoms. The van der Waals surface area contributed by atoms with Crippen LogP contribution in [0.2, 0.25) is 0 Å². The van der Waals surface area contributed by atoms with Crippen molar-refractivity contribution in [1.82, 2.24) is 19.7 Å². The Morgan fingerprint density at radius 2 is 2.14 bits per heavy atom. The average molecular weight is 285 g/mol. The number of phenols is 1. The molecule has 2 aromatic heterocycles. The molecular weight excluding hydrogens is 273 g/mol. The summed E-state index contributed by atoms with van der Waals surface area (Å²) in [7, 11) is 0. The maximum atomic E-state index is 13.3. The summed E-state index contributed by atoms with van der Waals surface area (Å²) in [5.41, 5.74) is 1.16. The van der Waals surface area contributed by atoms with Gasteiger partial charge >= 0.3 is 0 Å². The fraction of sp³-hybridized carbons (Fsp3) is 0.0714. The van der Waals surface area contributed by atoms with Crippen molar-refractivity contribution < 1.29 is 9.50 Å². The molecule has 0 atom stereocenters. The molecule has 0 fully saturated rings. The summed E-state index contributed by atoms with van der Waals surface area (Å²) in [6.45, 7) is 0.261. The van der Waals surface area contributed by atoms with Crippen LogP contribution in [-0.4, -0.2) is 24.9 Å². The molecule has 3 rings (SSSR count). The average Bonchev–Trinajstić information content (AvgIpc) is 3.03. The van der Waals surface area contributed by atoms with Gasteiger partial charge in [0.15, 0.2) is 17.4 Å². The summed E-state index contributed by atoms with van der Waals surface area (Å²) < 4.78 is 14.8. The van der Waals surface area contributed by atoms with Crippen LogP contribution in [0.3, 0.4) is 0 Å². The molecule has 0 unspecified atom stereocenters. The van der Waals surface area contributed by atoms with E-state index in [4.69, 9.17) is 0 Å². The fourth-order valence-electron chi connectivity index (χ4n) is 1.93. The van der Waals surface area contributed by atoms with Gasteiger partial charge in [-0.15, -0.1) is 0 Å². The largest absolute Gasteiger partial charge is 0.505 e.